The fourth-order valence-electron chi connectivity index (χ4n) is 4.90. The highest BCUT2D eigenvalue weighted by molar-refractivity contribution is 5.76. The molecule has 1 amide bonds. The molecule has 2 saturated heterocycles. The number of rotatable bonds is 8. The van der Waals surface area contributed by atoms with Crippen molar-refractivity contribution < 1.29 is 9.53 Å². The van der Waals surface area contributed by atoms with Crippen LogP contribution in [0.4, 0.5) is 0 Å². The molecule has 0 spiro atoms. The number of piperidine rings is 1. The molecule has 0 saturated carbocycles. The van der Waals surface area contributed by atoms with Gasteiger partial charge in [-0.1, -0.05) is 30.3 Å². The van der Waals surface area contributed by atoms with Crippen molar-refractivity contribution in [2.24, 2.45) is 0 Å². The quantitative estimate of drug-likeness (QED) is 0.659. The van der Waals surface area contributed by atoms with E-state index < -0.39 is 0 Å². The Balaban J connectivity index is 1.53. The number of carbonyl (C=O) groups excluding carboxylic acids is 1. The van der Waals surface area contributed by atoms with Gasteiger partial charge < -0.3 is 9.64 Å². The fraction of sp³-hybridized carbons (Fsp3) is 0.636. The Labute approximate surface area is 178 Å². The predicted octanol–water partition coefficient (Wildman–Crippen LogP) is 1.87. The number of amides is 1. The van der Waals surface area contributed by atoms with Crippen LogP contribution in [0.15, 0.2) is 30.3 Å². The first-order valence-corrected chi connectivity index (χ1v) is 11.1. The van der Waals surface area contributed by atoms with Crippen LogP contribution in [0.5, 0.6) is 0 Å². The Kier molecular flexibility index (Phi) is 6.74. The SMILES string of the molecule is COCCn1nnnc1C1(N2CCCC2)CCCN(C(=O)CCc2ccccc2)C1. The van der Waals surface area contributed by atoms with Gasteiger partial charge in [0.25, 0.3) is 0 Å². The maximum Gasteiger partial charge on any atom is 0.222 e. The molecule has 3 heterocycles. The van der Waals surface area contributed by atoms with E-state index in [1.54, 1.807) is 7.11 Å². The first kappa shape index (κ1) is 20.9. The lowest BCUT2D eigenvalue weighted by Gasteiger charge is -2.47. The number of tetrazole rings is 1. The van der Waals surface area contributed by atoms with Crippen molar-refractivity contribution in [2.75, 3.05) is 39.9 Å². The molecular formula is C22H32N6O2. The maximum absolute atomic E-state index is 13.1. The average Bonchev–Trinajstić information content (AvgIpc) is 3.49. The third-order valence-corrected chi connectivity index (χ3v) is 6.46. The molecule has 2 fully saturated rings. The van der Waals surface area contributed by atoms with Crippen LogP contribution >= 0.6 is 0 Å². The van der Waals surface area contributed by atoms with Crippen LogP contribution in [0.25, 0.3) is 0 Å². The van der Waals surface area contributed by atoms with E-state index in [9.17, 15) is 4.79 Å². The molecule has 0 radical (unpaired) electrons. The number of aryl methyl sites for hydroxylation is 1. The van der Waals surface area contributed by atoms with E-state index >= 15 is 0 Å². The molecule has 0 aliphatic carbocycles. The number of nitrogens with zero attached hydrogens (tertiary/aromatic N) is 6. The number of likely N-dealkylation sites (tertiary alicyclic amines) is 2. The van der Waals surface area contributed by atoms with Gasteiger partial charge in [-0.15, -0.1) is 5.10 Å². The van der Waals surface area contributed by atoms with Gasteiger partial charge in [-0.05, 0) is 61.2 Å². The van der Waals surface area contributed by atoms with Gasteiger partial charge in [0, 0.05) is 26.6 Å². The van der Waals surface area contributed by atoms with Gasteiger partial charge in [0.15, 0.2) is 5.82 Å². The summed E-state index contributed by atoms with van der Waals surface area (Å²) in [4.78, 5) is 17.7. The number of carbonyl (C=O) groups is 1. The normalized spacial score (nSPS) is 22.5. The minimum atomic E-state index is -0.311. The Bertz CT molecular complexity index is 820. The molecule has 0 bridgehead atoms. The molecule has 1 unspecified atom stereocenters. The molecule has 8 heteroatoms. The smallest absolute Gasteiger partial charge is 0.222 e. The molecule has 1 aromatic carbocycles. The standard InChI is InChI=1S/C22H32N6O2/c1-30-17-16-28-21(23-24-25-28)22(27-14-5-6-15-27)12-7-13-26(18-22)20(29)11-10-19-8-3-2-4-9-19/h2-4,8-9H,5-7,10-18H2,1H3. The summed E-state index contributed by atoms with van der Waals surface area (Å²) in [5, 5.41) is 12.7. The number of benzene rings is 1. The molecule has 1 atom stereocenters. The van der Waals surface area contributed by atoms with E-state index in [1.165, 1.54) is 18.4 Å². The summed E-state index contributed by atoms with van der Waals surface area (Å²) in [6.45, 7) is 4.72. The zero-order valence-corrected chi connectivity index (χ0v) is 17.9. The lowest BCUT2D eigenvalue weighted by atomic mass is 9.85. The number of aromatic nitrogens is 4. The fourth-order valence-corrected chi connectivity index (χ4v) is 4.90. The van der Waals surface area contributed by atoms with Gasteiger partial charge in [-0.3, -0.25) is 9.69 Å². The number of hydrogen-bond acceptors (Lipinski definition) is 6. The average molecular weight is 413 g/mol. The van der Waals surface area contributed by atoms with Gasteiger partial charge >= 0.3 is 0 Å². The van der Waals surface area contributed by atoms with Gasteiger partial charge in [0.2, 0.25) is 5.91 Å². The zero-order chi connectivity index (χ0) is 20.8. The van der Waals surface area contributed by atoms with Gasteiger partial charge in [0.1, 0.15) is 5.54 Å². The second kappa shape index (κ2) is 9.66. The highest BCUT2D eigenvalue weighted by Crippen LogP contribution is 2.38. The topological polar surface area (TPSA) is 76.4 Å². The molecule has 4 rings (SSSR count). The van der Waals surface area contributed by atoms with Crippen molar-refractivity contribution in [3.63, 3.8) is 0 Å². The third kappa shape index (κ3) is 4.39. The summed E-state index contributed by atoms with van der Waals surface area (Å²) in [5.41, 5.74) is 0.895. The Hall–Kier alpha value is -2.32. The Morgan fingerprint density at radius 2 is 1.93 bits per heavy atom. The molecule has 1 aromatic heterocycles. The van der Waals surface area contributed by atoms with E-state index in [0.29, 0.717) is 26.1 Å². The molecule has 8 nitrogen and oxygen atoms in total. The number of methoxy groups -OCH3 is 1. The van der Waals surface area contributed by atoms with Crippen LogP contribution in [0, 0.1) is 0 Å². The lowest BCUT2D eigenvalue weighted by molar-refractivity contribution is -0.136. The monoisotopic (exact) mass is 412 g/mol. The van der Waals surface area contributed by atoms with Crippen molar-refractivity contribution >= 4 is 5.91 Å². The molecule has 2 aliphatic rings. The lowest BCUT2D eigenvalue weighted by Crippen LogP contribution is -2.58. The first-order valence-electron chi connectivity index (χ1n) is 11.1. The minimum absolute atomic E-state index is 0.220. The Morgan fingerprint density at radius 1 is 1.13 bits per heavy atom. The number of ether oxygens (including phenoxy) is 1. The minimum Gasteiger partial charge on any atom is -0.383 e. The van der Waals surface area contributed by atoms with E-state index in [1.807, 2.05) is 27.8 Å². The molecule has 2 aliphatic heterocycles. The van der Waals surface area contributed by atoms with Crippen LogP contribution < -0.4 is 0 Å². The second-order valence-corrected chi connectivity index (χ2v) is 8.35. The zero-order valence-electron chi connectivity index (χ0n) is 17.9. The van der Waals surface area contributed by atoms with Gasteiger partial charge in [-0.25, -0.2) is 4.68 Å². The Morgan fingerprint density at radius 3 is 2.70 bits per heavy atom. The van der Waals surface area contributed by atoms with Crippen molar-refractivity contribution in [1.82, 2.24) is 30.0 Å². The van der Waals surface area contributed by atoms with Crippen molar-refractivity contribution in [1.29, 1.82) is 0 Å². The van der Waals surface area contributed by atoms with E-state index in [2.05, 4.69) is 32.6 Å². The molecule has 162 valence electrons. The summed E-state index contributed by atoms with van der Waals surface area (Å²) >= 11 is 0. The largest absolute Gasteiger partial charge is 0.383 e. The summed E-state index contributed by atoms with van der Waals surface area (Å²) in [5.74, 6) is 1.10. The summed E-state index contributed by atoms with van der Waals surface area (Å²) in [6, 6.07) is 10.2. The molecule has 30 heavy (non-hydrogen) atoms. The highest BCUT2D eigenvalue weighted by atomic mass is 16.5. The van der Waals surface area contributed by atoms with Gasteiger partial charge in [-0.2, -0.15) is 0 Å². The number of hydrogen-bond donors (Lipinski definition) is 0. The maximum atomic E-state index is 13.1. The van der Waals surface area contributed by atoms with Crippen molar-refractivity contribution in [3.8, 4) is 0 Å². The van der Waals surface area contributed by atoms with Gasteiger partial charge in [0.05, 0.1) is 13.2 Å². The van der Waals surface area contributed by atoms with E-state index in [0.717, 1.165) is 44.7 Å². The second-order valence-electron chi connectivity index (χ2n) is 8.35. The van der Waals surface area contributed by atoms with E-state index in [4.69, 9.17) is 4.74 Å². The molecule has 2 aromatic rings. The van der Waals surface area contributed by atoms with Crippen LogP contribution in [-0.2, 0) is 28.0 Å². The van der Waals surface area contributed by atoms with Crippen molar-refractivity contribution in [3.05, 3.63) is 41.7 Å². The summed E-state index contributed by atoms with van der Waals surface area (Å²) in [7, 11) is 1.69. The molecular weight excluding hydrogens is 380 g/mol. The van der Waals surface area contributed by atoms with E-state index in [-0.39, 0.29) is 11.4 Å². The van der Waals surface area contributed by atoms with Crippen LogP contribution in [0.3, 0.4) is 0 Å². The van der Waals surface area contributed by atoms with Crippen molar-refractivity contribution in [2.45, 2.75) is 50.6 Å². The summed E-state index contributed by atoms with van der Waals surface area (Å²) in [6.07, 6.45) is 5.62. The third-order valence-electron chi connectivity index (χ3n) is 6.46. The predicted molar refractivity (Wildman–Crippen MR) is 113 cm³/mol. The van der Waals surface area contributed by atoms with Crippen LogP contribution in [0.1, 0.15) is 43.5 Å². The first-order chi connectivity index (χ1) is 14.7. The summed E-state index contributed by atoms with van der Waals surface area (Å²) < 4.78 is 7.13. The van der Waals surface area contributed by atoms with Crippen LogP contribution in [0.2, 0.25) is 0 Å². The molecule has 0 N–H and O–H groups in total. The highest BCUT2D eigenvalue weighted by Gasteiger charge is 2.47. The van der Waals surface area contributed by atoms with Crippen LogP contribution in [-0.4, -0.2) is 75.8 Å².